The average Bonchev–Trinajstić information content (AvgIpc) is 3.30. The van der Waals surface area contributed by atoms with E-state index in [1.165, 1.54) is 17.0 Å². The molecule has 1 aliphatic heterocycles. The molecule has 0 spiro atoms. The lowest BCUT2D eigenvalue weighted by atomic mass is 10.0. The Labute approximate surface area is 205 Å². The number of alkyl halides is 3. The van der Waals surface area contributed by atoms with Crippen LogP contribution in [0.25, 0.3) is 10.2 Å². The number of piperazine rings is 1. The summed E-state index contributed by atoms with van der Waals surface area (Å²) in [6, 6.07) is 6.62. The third kappa shape index (κ3) is 5.98. The number of unbranched alkanes of at least 4 members (excludes halogenated alkanes) is 1. The molecule has 35 heavy (non-hydrogen) atoms. The van der Waals surface area contributed by atoms with Crippen molar-refractivity contribution >= 4 is 39.1 Å². The number of nitrogens with zero attached hydrogens (tertiary/aromatic N) is 4. The SMILES string of the molecule is CCc1cc2c(N3CCN(C(=O)CCCCC(=O)c4cccc(C(F)(F)F)c4)CC3)ncnc2s1. The van der Waals surface area contributed by atoms with Gasteiger partial charge in [0.15, 0.2) is 5.78 Å². The molecule has 4 rings (SSSR count). The highest BCUT2D eigenvalue weighted by Gasteiger charge is 2.31. The van der Waals surface area contributed by atoms with Gasteiger partial charge in [-0.15, -0.1) is 11.3 Å². The minimum atomic E-state index is -4.48. The van der Waals surface area contributed by atoms with Crippen LogP contribution in [0.15, 0.2) is 36.7 Å². The summed E-state index contributed by atoms with van der Waals surface area (Å²) in [4.78, 5) is 40.0. The van der Waals surface area contributed by atoms with Crippen molar-refractivity contribution in [2.75, 3.05) is 31.1 Å². The maximum Gasteiger partial charge on any atom is 0.416 e. The van der Waals surface area contributed by atoms with Gasteiger partial charge in [0, 0.05) is 49.5 Å². The van der Waals surface area contributed by atoms with Crippen molar-refractivity contribution in [1.82, 2.24) is 14.9 Å². The summed E-state index contributed by atoms with van der Waals surface area (Å²) >= 11 is 1.68. The summed E-state index contributed by atoms with van der Waals surface area (Å²) in [5, 5.41) is 1.06. The molecule has 10 heteroatoms. The van der Waals surface area contributed by atoms with Crippen LogP contribution in [0.4, 0.5) is 19.0 Å². The first-order valence-electron chi connectivity index (χ1n) is 11.7. The van der Waals surface area contributed by atoms with Gasteiger partial charge < -0.3 is 9.80 Å². The van der Waals surface area contributed by atoms with Crippen LogP contribution in [0.3, 0.4) is 0 Å². The Balaban J connectivity index is 1.23. The highest BCUT2D eigenvalue weighted by atomic mass is 32.1. The molecule has 6 nitrogen and oxygen atoms in total. The first kappa shape index (κ1) is 25.1. The lowest BCUT2D eigenvalue weighted by molar-refractivity contribution is -0.137. The van der Waals surface area contributed by atoms with Gasteiger partial charge in [-0.25, -0.2) is 9.97 Å². The number of aromatic nitrogens is 2. The number of aryl methyl sites for hydroxylation is 1. The van der Waals surface area contributed by atoms with E-state index in [0.717, 1.165) is 34.6 Å². The van der Waals surface area contributed by atoms with Crippen LogP contribution in [-0.2, 0) is 17.4 Å². The van der Waals surface area contributed by atoms with Crippen LogP contribution in [0.1, 0.15) is 53.4 Å². The fourth-order valence-corrected chi connectivity index (χ4v) is 5.15. The number of carbonyl (C=O) groups is 2. The number of fused-ring (bicyclic) bond motifs is 1. The number of hydrogen-bond acceptors (Lipinski definition) is 6. The Bertz CT molecular complexity index is 1200. The van der Waals surface area contributed by atoms with Gasteiger partial charge in [0.2, 0.25) is 5.91 Å². The topological polar surface area (TPSA) is 66.4 Å². The van der Waals surface area contributed by atoms with Crippen molar-refractivity contribution in [2.45, 2.75) is 45.2 Å². The number of thiophene rings is 1. The number of Topliss-reactive ketones (excluding diaryl/α,β-unsaturated/α-hetero) is 1. The Morgan fingerprint density at radius 1 is 1.03 bits per heavy atom. The number of hydrogen-bond donors (Lipinski definition) is 0. The lowest BCUT2D eigenvalue weighted by Crippen LogP contribution is -2.49. The molecule has 0 radical (unpaired) electrons. The van der Waals surface area contributed by atoms with Crippen molar-refractivity contribution in [3.8, 4) is 0 Å². The standard InChI is InChI=1S/C25H27F3N4O2S/c1-2-19-15-20-23(29-16-30-24(20)35-19)32-12-10-31(11-13-32)22(34)9-4-3-8-21(33)17-6-5-7-18(14-17)25(26,27)28/h5-7,14-16H,2-4,8-13H2,1H3. The molecule has 186 valence electrons. The van der Waals surface area contributed by atoms with Gasteiger partial charge in [-0.1, -0.05) is 19.1 Å². The van der Waals surface area contributed by atoms with E-state index in [-0.39, 0.29) is 23.7 Å². The Morgan fingerprint density at radius 3 is 2.49 bits per heavy atom. The van der Waals surface area contributed by atoms with E-state index in [1.807, 2.05) is 4.90 Å². The van der Waals surface area contributed by atoms with E-state index in [9.17, 15) is 22.8 Å². The molecule has 0 atom stereocenters. The minimum absolute atomic E-state index is 0.0350. The smallest absolute Gasteiger partial charge is 0.352 e. The summed E-state index contributed by atoms with van der Waals surface area (Å²) in [7, 11) is 0. The van der Waals surface area contributed by atoms with E-state index < -0.39 is 11.7 Å². The van der Waals surface area contributed by atoms with Crippen LogP contribution in [0.2, 0.25) is 0 Å². The summed E-state index contributed by atoms with van der Waals surface area (Å²) < 4.78 is 38.5. The molecule has 2 aromatic heterocycles. The maximum atomic E-state index is 12.8. The molecular weight excluding hydrogens is 477 g/mol. The van der Waals surface area contributed by atoms with Gasteiger partial charge in [-0.05, 0) is 37.5 Å². The zero-order valence-electron chi connectivity index (χ0n) is 19.5. The van der Waals surface area contributed by atoms with Crippen molar-refractivity contribution in [1.29, 1.82) is 0 Å². The van der Waals surface area contributed by atoms with Crippen LogP contribution >= 0.6 is 11.3 Å². The van der Waals surface area contributed by atoms with Gasteiger partial charge in [-0.3, -0.25) is 9.59 Å². The number of anilines is 1. The van der Waals surface area contributed by atoms with Crippen LogP contribution in [0.5, 0.6) is 0 Å². The monoisotopic (exact) mass is 504 g/mol. The van der Waals surface area contributed by atoms with Gasteiger partial charge in [0.25, 0.3) is 0 Å². The zero-order valence-corrected chi connectivity index (χ0v) is 20.3. The van der Waals surface area contributed by atoms with Crippen LogP contribution < -0.4 is 4.90 Å². The molecule has 0 bridgehead atoms. The first-order chi connectivity index (χ1) is 16.8. The lowest BCUT2D eigenvalue weighted by Gasteiger charge is -2.35. The van der Waals surface area contributed by atoms with Crippen molar-refractivity contribution in [3.05, 3.63) is 52.7 Å². The number of carbonyl (C=O) groups excluding carboxylic acids is 2. The first-order valence-corrected chi connectivity index (χ1v) is 12.5. The molecule has 0 N–H and O–H groups in total. The largest absolute Gasteiger partial charge is 0.416 e. The van der Waals surface area contributed by atoms with E-state index in [1.54, 1.807) is 17.7 Å². The maximum absolute atomic E-state index is 12.8. The average molecular weight is 505 g/mol. The summed E-state index contributed by atoms with van der Waals surface area (Å²) in [5.41, 5.74) is -0.775. The molecule has 3 aromatic rings. The molecule has 1 fully saturated rings. The van der Waals surface area contributed by atoms with Crippen molar-refractivity contribution in [3.63, 3.8) is 0 Å². The van der Waals surface area contributed by atoms with Gasteiger partial charge in [0.05, 0.1) is 10.9 Å². The second-order valence-electron chi connectivity index (χ2n) is 8.56. The molecule has 3 heterocycles. The van der Waals surface area contributed by atoms with Crippen LogP contribution in [-0.4, -0.2) is 52.7 Å². The number of benzene rings is 1. The highest BCUT2D eigenvalue weighted by Crippen LogP contribution is 2.31. The van der Waals surface area contributed by atoms with Gasteiger partial charge >= 0.3 is 6.18 Å². The number of ketones is 1. The fourth-order valence-electron chi connectivity index (χ4n) is 4.22. The van der Waals surface area contributed by atoms with Gasteiger partial charge in [-0.2, -0.15) is 13.2 Å². The Hall–Kier alpha value is -3.01. The van der Waals surface area contributed by atoms with Crippen LogP contribution in [0, 0.1) is 0 Å². The van der Waals surface area contributed by atoms with E-state index in [2.05, 4.69) is 27.9 Å². The summed E-state index contributed by atoms with van der Waals surface area (Å²) in [6.45, 7) is 4.67. The van der Waals surface area contributed by atoms with Crippen molar-refractivity contribution < 1.29 is 22.8 Å². The molecule has 1 saturated heterocycles. The molecule has 0 saturated carbocycles. The third-order valence-electron chi connectivity index (χ3n) is 6.20. The number of halogens is 3. The van der Waals surface area contributed by atoms with E-state index in [0.29, 0.717) is 45.4 Å². The zero-order chi connectivity index (χ0) is 25.0. The second kappa shape index (κ2) is 10.7. The molecule has 1 aliphatic rings. The number of rotatable bonds is 8. The molecular formula is C25H27F3N4O2S. The van der Waals surface area contributed by atoms with Crippen molar-refractivity contribution in [2.24, 2.45) is 0 Å². The molecule has 1 amide bonds. The molecule has 1 aromatic carbocycles. The van der Waals surface area contributed by atoms with E-state index >= 15 is 0 Å². The Morgan fingerprint density at radius 2 is 1.77 bits per heavy atom. The third-order valence-corrected chi connectivity index (χ3v) is 7.38. The highest BCUT2D eigenvalue weighted by molar-refractivity contribution is 7.18. The van der Waals surface area contributed by atoms with Gasteiger partial charge in [0.1, 0.15) is 17.0 Å². The number of amides is 1. The fraction of sp³-hybridized carbons (Fsp3) is 0.440. The summed E-state index contributed by atoms with van der Waals surface area (Å²) in [6.07, 6.45) is -0.526. The molecule has 0 unspecified atom stereocenters. The quantitative estimate of drug-likeness (QED) is 0.305. The summed E-state index contributed by atoms with van der Waals surface area (Å²) in [5.74, 6) is 0.604. The second-order valence-corrected chi connectivity index (χ2v) is 9.67. The molecule has 0 aliphatic carbocycles. The predicted octanol–water partition coefficient (Wildman–Crippen LogP) is 5.36. The minimum Gasteiger partial charge on any atom is -0.352 e. The van der Waals surface area contributed by atoms with E-state index in [4.69, 9.17) is 0 Å². The normalized spacial score (nSPS) is 14.5. The predicted molar refractivity (Wildman–Crippen MR) is 130 cm³/mol. The Kier molecular flexibility index (Phi) is 7.69.